The first-order valence-corrected chi connectivity index (χ1v) is 7.24. The summed E-state index contributed by atoms with van der Waals surface area (Å²) in [5.41, 5.74) is 5.49. The lowest BCUT2D eigenvalue weighted by Gasteiger charge is -2.17. The van der Waals surface area contributed by atoms with Gasteiger partial charge >= 0.3 is 0 Å². The van der Waals surface area contributed by atoms with Crippen LogP contribution in [0.2, 0.25) is 0 Å². The summed E-state index contributed by atoms with van der Waals surface area (Å²) in [6.07, 6.45) is 3.79. The topological polar surface area (TPSA) is 32.1 Å². The Morgan fingerprint density at radius 2 is 1.95 bits per heavy atom. The maximum Gasteiger partial charge on any atom is 0.284 e. The lowest BCUT2D eigenvalue weighted by Crippen LogP contribution is -2.37. The highest BCUT2D eigenvalue weighted by atomic mass is 16.2. The molecular formula is C16H19N2O+. The number of carbonyl (C=O) groups is 1. The third-order valence-electron chi connectivity index (χ3n) is 5.26. The quantitative estimate of drug-likeness (QED) is 0.764. The van der Waals surface area contributed by atoms with Crippen molar-refractivity contribution in [2.45, 2.75) is 32.2 Å². The number of hydrogen-bond donors (Lipinski definition) is 1. The van der Waals surface area contributed by atoms with Crippen LogP contribution in [-0.4, -0.2) is 22.3 Å². The van der Waals surface area contributed by atoms with Crippen molar-refractivity contribution in [3.63, 3.8) is 0 Å². The molecule has 4 rings (SSSR count). The molecule has 0 radical (unpaired) electrons. The number of benzene rings is 1. The van der Waals surface area contributed by atoms with Gasteiger partial charge < -0.3 is 0 Å². The van der Waals surface area contributed by atoms with Crippen LogP contribution in [0.1, 0.15) is 31.7 Å². The predicted octanol–water partition coefficient (Wildman–Crippen LogP) is 1.97. The van der Waals surface area contributed by atoms with Gasteiger partial charge in [0.05, 0.1) is 0 Å². The molecule has 3 heteroatoms. The van der Waals surface area contributed by atoms with E-state index < -0.39 is 0 Å². The lowest BCUT2D eigenvalue weighted by molar-refractivity contribution is -0.602. The van der Waals surface area contributed by atoms with Crippen molar-refractivity contribution in [1.82, 2.24) is 5.43 Å². The molecule has 2 aliphatic carbocycles. The van der Waals surface area contributed by atoms with Crippen molar-refractivity contribution < 1.29 is 9.48 Å². The van der Waals surface area contributed by atoms with Gasteiger partial charge in [0.15, 0.2) is 6.04 Å². The predicted molar refractivity (Wildman–Crippen MR) is 72.7 cm³/mol. The van der Waals surface area contributed by atoms with Gasteiger partial charge in [-0.25, -0.2) is 0 Å². The van der Waals surface area contributed by atoms with Crippen molar-refractivity contribution in [3.8, 4) is 0 Å². The van der Waals surface area contributed by atoms with Crippen LogP contribution in [0.4, 0.5) is 0 Å². The molecule has 1 saturated heterocycles. The van der Waals surface area contributed by atoms with E-state index in [4.69, 9.17) is 0 Å². The van der Waals surface area contributed by atoms with E-state index in [1.165, 1.54) is 30.5 Å². The zero-order valence-electron chi connectivity index (χ0n) is 11.2. The molecule has 4 unspecified atom stereocenters. The van der Waals surface area contributed by atoms with Crippen molar-refractivity contribution in [2.75, 3.05) is 0 Å². The third-order valence-corrected chi connectivity index (χ3v) is 5.26. The number of amides is 1. The van der Waals surface area contributed by atoms with Gasteiger partial charge in [-0.15, -0.1) is 10.1 Å². The van der Waals surface area contributed by atoms with Crippen molar-refractivity contribution >= 4 is 11.6 Å². The van der Waals surface area contributed by atoms with E-state index in [2.05, 4.69) is 41.3 Å². The minimum absolute atomic E-state index is 0.234. The Bertz CT molecular complexity index is 563. The average Bonchev–Trinajstić information content (AvgIpc) is 3.12. The lowest BCUT2D eigenvalue weighted by atomic mass is 9.85. The second-order valence-electron chi connectivity index (χ2n) is 6.15. The molecule has 0 aromatic heterocycles. The second kappa shape index (κ2) is 3.92. The minimum Gasteiger partial charge on any atom is -0.269 e. The molecule has 19 heavy (non-hydrogen) atoms. The monoisotopic (exact) mass is 255 g/mol. The molecule has 0 spiro atoms. The molecule has 1 amide bonds. The number of fused-ring (bicyclic) bond motifs is 5. The third kappa shape index (κ3) is 1.50. The van der Waals surface area contributed by atoms with Crippen LogP contribution < -0.4 is 5.43 Å². The molecule has 1 aromatic carbocycles. The van der Waals surface area contributed by atoms with Gasteiger partial charge in [-0.2, -0.15) is 0 Å². The molecule has 98 valence electrons. The van der Waals surface area contributed by atoms with Gasteiger partial charge in [-0.1, -0.05) is 18.2 Å². The standard InChI is InChI=1S/C16H18N2O/c1-10(11-5-3-2-4-6-11)18-15-13-8-7-12(9-13)14(15)16(19)17-18/h2-6,12-15H,7-9H2,1H3/p+1. The molecule has 3 aliphatic rings. The van der Waals surface area contributed by atoms with Crippen LogP contribution in [0.25, 0.3) is 0 Å². The summed E-state index contributed by atoms with van der Waals surface area (Å²) >= 11 is 0. The molecule has 1 N–H and O–H groups in total. The Morgan fingerprint density at radius 3 is 2.74 bits per heavy atom. The van der Waals surface area contributed by atoms with E-state index in [1.54, 1.807) is 0 Å². The molecule has 3 fully saturated rings. The van der Waals surface area contributed by atoms with E-state index in [0.29, 0.717) is 17.9 Å². The number of nitrogens with zero attached hydrogens (tertiary/aromatic N) is 1. The summed E-state index contributed by atoms with van der Waals surface area (Å²) in [5, 5.41) is 0. The number of hydrazine groups is 1. The van der Waals surface area contributed by atoms with E-state index in [1.807, 2.05) is 6.07 Å². The largest absolute Gasteiger partial charge is 0.284 e. The van der Waals surface area contributed by atoms with Crippen molar-refractivity contribution in [2.24, 2.45) is 17.8 Å². The Kier molecular flexibility index (Phi) is 2.32. The number of rotatable bonds is 1. The molecular weight excluding hydrogens is 236 g/mol. The molecule has 1 heterocycles. The fraction of sp³-hybridized carbons (Fsp3) is 0.500. The first-order valence-electron chi connectivity index (χ1n) is 7.24. The Labute approximate surface area is 113 Å². The van der Waals surface area contributed by atoms with Crippen molar-refractivity contribution in [1.29, 1.82) is 0 Å². The van der Waals surface area contributed by atoms with Crippen LogP contribution >= 0.6 is 0 Å². The van der Waals surface area contributed by atoms with Gasteiger partial charge in [0.25, 0.3) is 5.91 Å². The molecule has 1 aromatic rings. The first kappa shape index (κ1) is 11.2. The normalized spacial score (nSPS) is 38.3. The van der Waals surface area contributed by atoms with Crippen LogP contribution in [0.3, 0.4) is 0 Å². The molecule has 3 nitrogen and oxygen atoms in total. The maximum atomic E-state index is 12.2. The SMILES string of the molecule is CC(c1ccccc1)=[N+]1NC(=O)C2C3CCC(C3)C21. The zero-order valence-corrected chi connectivity index (χ0v) is 11.2. The molecule has 2 bridgehead atoms. The minimum atomic E-state index is 0.234. The summed E-state index contributed by atoms with van der Waals surface area (Å²) in [4.78, 5) is 12.2. The first-order chi connectivity index (χ1) is 9.25. The summed E-state index contributed by atoms with van der Waals surface area (Å²) in [5.74, 6) is 1.81. The van der Waals surface area contributed by atoms with E-state index in [9.17, 15) is 4.79 Å². The van der Waals surface area contributed by atoms with Gasteiger partial charge in [0.1, 0.15) is 5.92 Å². The van der Waals surface area contributed by atoms with Gasteiger partial charge in [-0.3, -0.25) is 4.79 Å². The van der Waals surface area contributed by atoms with Crippen LogP contribution in [0.5, 0.6) is 0 Å². The Hall–Kier alpha value is -1.64. The van der Waals surface area contributed by atoms with Gasteiger partial charge in [0.2, 0.25) is 5.71 Å². The summed E-state index contributed by atoms with van der Waals surface area (Å²) in [7, 11) is 0. The highest BCUT2D eigenvalue weighted by Crippen LogP contribution is 2.51. The number of nitrogens with one attached hydrogen (secondary N) is 1. The van der Waals surface area contributed by atoms with E-state index in [-0.39, 0.29) is 11.8 Å². The summed E-state index contributed by atoms with van der Waals surface area (Å²) in [6.45, 7) is 2.12. The van der Waals surface area contributed by atoms with Gasteiger partial charge in [0, 0.05) is 18.4 Å². The smallest absolute Gasteiger partial charge is 0.269 e. The fourth-order valence-corrected chi connectivity index (χ4v) is 4.40. The number of hydrazone groups is 1. The van der Waals surface area contributed by atoms with Crippen LogP contribution in [0.15, 0.2) is 30.3 Å². The average molecular weight is 255 g/mol. The maximum absolute atomic E-state index is 12.2. The van der Waals surface area contributed by atoms with Crippen LogP contribution in [0, 0.1) is 17.8 Å². The zero-order chi connectivity index (χ0) is 13.0. The van der Waals surface area contributed by atoms with E-state index >= 15 is 0 Å². The highest BCUT2D eigenvalue weighted by molar-refractivity contribution is 5.95. The molecule has 4 atom stereocenters. The summed E-state index contributed by atoms with van der Waals surface area (Å²) in [6, 6.07) is 10.7. The van der Waals surface area contributed by atoms with Gasteiger partial charge in [-0.05, 0) is 37.3 Å². The molecule has 1 aliphatic heterocycles. The Balaban J connectivity index is 1.78. The van der Waals surface area contributed by atoms with Crippen LogP contribution in [-0.2, 0) is 4.79 Å². The number of hydrogen-bond acceptors (Lipinski definition) is 1. The Morgan fingerprint density at radius 1 is 1.21 bits per heavy atom. The van der Waals surface area contributed by atoms with Crippen molar-refractivity contribution in [3.05, 3.63) is 35.9 Å². The van der Waals surface area contributed by atoms with E-state index in [0.717, 1.165) is 0 Å². The summed E-state index contributed by atoms with van der Waals surface area (Å²) < 4.78 is 2.16. The number of carbonyl (C=O) groups excluding carboxylic acids is 1. The highest BCUT2D eigenvalue weighted by Gasteiger charge is 2.62. The molecule has 2 saturated carbocycles. The fourth-order valence-electron chi connectivity index (χ4n) is 4.40. The second-order valence-corrected chi connectivity index (χ2v) is 6.15.